The van der Waals surface area contributed by atoms with Gasteiger partial charge in [-0.15, -0.1) is 0 Å². The van der Waals surface area contributed by atoms with Crippen LogP contribution in [0.3, 0.4) is 0 Å². The third kappa shape index (κ3) is 4.46. The summed E-state index contributed by atoms with van der Waals surface area (Å²) in [6, 6.07) is 0. The van der Waals surface area contributed by atoms with Gasteiger partial charge in [0, 0.05) is 12.1 Å². The molecule has 2 heteroatoms. The number of nitrogens with zero attached hydrogens (tertiary/aromatic N) is 1. The van der Waals surface area contributed by atoms with Crippen LogP contribution in [0.2, 0.25) is 0 Å². The van der Waals surface area contributed by atoms with Crippen molar-refractivity contribution in [2.45, 2.75) is 89.0 Å². The number of nitrogens with two attached hydrogens (primary N) is 1. The van der Waals surface area contributed by atoms with Gasteiger partial charge in [0.25, 0.3) is 0 Å². The van der Waals surface area contributed by atoms with E-state index in [1.165, 1.54) is 96.6 Å². The maximum atomic E-state index is 6.26. The minimum Gasteiger partial charge on any atom is -0.329 e. The Labute approximate surface area is 120 Å². The summed E-state index contributed by atoms with van der Waals surface area (Å²) in [5.41, 5.74) is 6.61. The molecule has 2 fully saturated rings. The van der Waals surface area contributed by atoms with Crippen molar-refractivity contribution in [1.82, 2.24) is 4.90 Å². The van der Waals surface area contributed by atoms with Crippen molar-refractivity contribution in [3.05, 3.63) is 0 Å². The molecule has 0 aromatic rings. The first kappa shape index (κ1) is 15.3. The van der Waals surface area contributed by atoms with Crippen LogP contribution in [0.5, 0.6) is 0 Å². The van der Waals surface area contributed by atoms with Crippen molar-refractivity contribution >= 4 is 0 Å². The Kier molecular flexibility index (Phi) is 6.66. The summed E-state index contributed by atoms with van der Waals surface area (Å²) in [7, 11) is 0. The monoisotopic (exact) mass is 266 g/mol. The van der Waals surface area contributed by atoms with E-state index in [2.05, 4.69) is 4.90 Å². The van der Waals surface area contributed by atoms with Crippen molar-refractivity contribution in [1.29, 1.82) is 0 Å². The topological polar surface area (TPSA) is 29.3 Å². The first-order valence-corrected chi connectivity index (χ1v) is 8.82. The fourth-order valence-electron chi connectivity index (χ4n) is 4.11. The number of hydrogen-bond acceptors (Lipinski definition) is 2. The van der Waals surface area contributed by atoms with Crippen LogP contribution in [0.4, 0.5) is 0 Å². The van der Waals surface area contributed by atoms with Crippen LogP contribution in [-0.4, -0.2) is 30.1 Å². The first-order chi connectivity index (χ1) is 9.37. The van der Waals surface area contributed by atoms with Gasteiger partial charge in [-0.3, -0.25) is 4.90 Å². The van der Waals surface area contributed by atoms with E-state index in [4.69, 9.17) is 5.73 Å². The lowest BCUT2D eigenvalue weighted by Crippen LogP contribution is -2.52. The standard InChI is InChI=1S/C17H34N2/c18-16-17(19-14-10-11-15-19)12-8-6-4-2-1-3-5-7-9-13-17/h1-16,18H2. The molecule has 1 saturated carbocycles. The SMILES string of the molecule is NCC1(N2CCCC2)CCCCCCCCCCC1. The molecule has 0 radical (unpaired) electrons. The second kappa shape index (κ2) is 8.26. The summed E-state index contributed by atoms with van der Waals surface area (Å²) in [5, 5.41) is 0. The molecule has 2 rings (SSSR count). The fourth-order valence-corrected chi connectivity index (χ4v) is 4.11. The van der Waals surface area contributed by atoms with E-state index in [0.29, 0.717) is 5.54 Å². The van der Waals surface area contributed by atoms with Gasteiger partial charge in [0.15, 0.2) is 0 Å². The minimum atomic E-state index is 0.357. The van der Waals surface area contributed by atoms with Crippen LogP contribution in [0.25, 0.3) is 0 Å². The summed E-state index contributed by atoms with van der Waals surface area (Å²) >= 11 is 0. The van der Waals surface area contributed by atoms with E-state index < -0.39 is 0 Å². The zero-order chi connectivity index (χ0) is 13.4. The first-order valence-electron chi connectivity index (χ1n) is 8.82. The molecule has 0 unspecified atom stereocenters. The quantitative estimate of drug-likeness (QED) is 0.816. The number of rotatable bonds is 2. The lowest BCUT2D eigenvalue weighted by Gasteiger charge is -2.42. The molecule has 19 heavy (non-hydrogen) atoms. The maximum absolute atomic E-state index is 6.26. The normalized spacial score (nSPS) is 27.6. The average Bonchev–Trinajstić information content (AvgIpc) is 2.94. The molecule has 1 heterocycles. The van der Waals surface area contributed by atoms with Crippen molar-refractivity contribution in [2.75, 3.05) is 19.6 Å². The van der Waals surface area contributed by atoms with Crippen molar-refractivity contribution in [2.24, 2.45) is 5.73 Å². The van der Waals surface area contributed by atoms with Crippen LogP contribution in [0, 0.1) is 0 Å². The van der Waals surface area contributed by atoms with Gasteiger partial charge in [-0.25, -0.2) is 0 Å². The highest BCUT2D eigenvalue weighted by molar-refractivity contribution is 4.93. The van der Waals surface area contributed by atoms with E-state index in [-0.39, 0.29) is 0 Å². The molecular weight excluding hydrogens is 232 g/mol. The largest absolute Gasteiger partial charge is 0.329 e. The Morgan fingerprint density at radius 3 is 1.47 bits per heavy atom. The van der Waals surface area contributed by atoms with Crippen molar-refractivity contribution < 1.29 is 0 Å². The lowest BCUT2D eigenvalue weighted by atomic mass is 9.84. The van der Waals surface area contributed by atoms with Gasteiger partial charge in [0.1, 0.15) is 0 Å². The van der Waals surface area contributed by atoms with Crippen LogP contribution < -0.4 is 5.73 Å². The second-order valence-electron chi connectivity index (χ2n) is 6.80. The minimum absolute atomic E-state index is 0.357. The molecule has 1 saturated heterocycles. The molecule has 0 amide bonds. The highest BCUT2D eigenvalue weighted by atomic mass is 15.2. The van der Waals surface area contributed by atoms with Crippen LogP contribution in [0.1, 0.15) is 83.5 Å². The predicted octanol–water partition coefficient (Wildman–Crippen LogP) is 4.08. The Bertz CT molecular complexity index is 221. The van der Waals surface area contributed by atoms with Crippen molar-refractivity contribution in [3.63, 3.8) is 0 Å². The summed E-state index contributed by atoms with van der Waals surface area (Å²) in [5.74, 6) is 0. The van der Waals surface area contributed by atoms with Crippen LogP contribution in [0.15, 0.2) is 0 Å². The summed E-state index contributed by atoms with van der Waals surface area (Å²) < 4.78 is 0. The molecule has 0 aromatic carbocycles. The highest BCUT2D eigenvalue weighted by Gasteiger charge is 2.35. The third-order valence-corrected chi connectivity index (χ3v) is 5.44. The number of hydrogen-bond donors (Lipinski definition) is 1. The fraction of sp³-hybridized carbons (Fsp3) is 1.00. The van der Waals surface area contributed by atoms with E-state index in [9.17, 15) is 0 Å². The van der Waals surface area contributed by atoms with Gasteiger partial charge in [0.05, 0.1) is 0 Å². The van der Waals surface area contributed by atoms with E-state index in [0.717, 1.165) is 6.54 Å². The average molecular weight is 266 g/mol. The van der Waals surface area contributed by atoms with Crippen LogP contribution >= 0.6 is 0 Å². The summed E-state index contributed by atoms with van der Waals surface area (Å²) in [4.78, 5) is 2.75. The molecule has 112 valence electrons. The zero-order valence-corrected chi connectivity index (χ0v) is 12.8. The van der Waals surface area contributed by atoms with Gasteiger partial charge >= 0.3 is 0 Å². The molecule has 2 aliphatic rings. The van der Waals surface area contributed by atoms with Gasteiger partial charge in [-0.2, -0.15) is 0 Å². The van der Waals surface area contributed by atoms with E-state index in [1.54, 1.807) is 0 Å². The summed E-state index contributed by atoms with van der Waals surface area (Å²) in [6.07, 6.45) is 18.4. The molecule has 0 atom stereocenters. The molecule has 0 aromatic heterocycles. The van der Waals surface area contributed by atoms with Gasteiger partial charge in [-0.05, 0) is 38.8 Å². The van der Waals surface area contributed by atoms with Crippen molar-refractivity contribution in [3.8, 4) is 0 Å². The molecule has 0 bridgehead atoms. The molecule has 1 aliphatic carbocycles. The Morgan fingerprint density at radius 1 is 0.632 bits per heavy atom. The zero-order valence-electron chi connectivity index (χ0n) is 12.8. The predicted molar refractivity (Wildman–Crippen MR) is 83.4 cm³/mol. The smallest absolute Gasteiger partial charge is 0.0331 e. The van der Waals surface area contributed by atoms with Crippen LogP contribution in [-0.2, 0) is 0 Å². The van der Waals surface area contributed by atoms with Gasteiger partial charge < -0.3 is 5.73 Å². The molecule has 2 nitrogen and oxygen atoms in total. The Morgan fingerprint density at radius 2 is 1.05 bits per heavy atom. The van der Waals surface area contributed by atoms with Gasteiger partial charge in [-0.1, -0.05) is 57.8 Å². The third-order valence-electron chi connectivity index (χ3n) is 5.44. The van der Waals surface area contributed by atoms with E-state index >= 15 is 0 Å². The highest BCUT2D eigenvalue weighted by Crippen LogP contribution is 2.32. The Balaban J connectivity index is 1.94. The maximum Gasteiger partial charge on any atom is 0.0331 e. The lowest BCUT2D eigenvalue weighted by molar-refractivity contribution is 0.0961. The molecular formula is C17H34N2. The Hall–Kier alpha value is -0.0800. The van der Waals surface area contributed by atoms with Gasteiger partial charge in [0.2, 0.25) is 0 Å². The molecule has 2 N–H and O–H groups in total. The second-order valence-corrected chi connectivity index (χ2v) is 6.80. The number of likely N-dealkylation sites (tertiary alicyclic amines) is 1. The van der Waals surface area contributed by atoms with E-state index in [1.807, 2.05) is 0 Å². The molecule has 0 spiro atoms. The summed E-state index contributed by atoms with van der Waals surface area (Å²) in [6.45, 7) is 3.49. The molecule has 1 aliphatic heterocycles.